The van der Waals surface area contributed by atoms with E-state index >= 15 is 0 Å². The van der Waals surface area contributed by atoms with Crippen molar-refractivity contribution in [2.75, 3.05) is 11.9 Å². The van der Waals surface area contributed by atoms with Crippen molar-refractivity contribution < 1.29 is 14.6 Å². The van der Waals surface area contributed by atoms with Crippen molar-refractivity contribution in [3.05, 3.63) is 56.0 Å². The van der Waals surface area contributed by atoms with E-state index in [0.717, 1.165) is 0 Å². The van der Waals surface area contributed by atoms with E-state index in [-0.39, 0.29) is 17.1 Å². The Morgan fingerprint density at radius 3 is 2.77 bits per heavy atom. The maximum absolute atomic E-state index is 12.4. The lowest BCUT2D eigenvalue weighted by Crippen LogP contribution is -2.13. The van der Waals surface area contributed by atoms with Crippen LogP contribution < -0.4 is 10.1 Å². The molecule has 2 aromatic carbocycles. The van der Waals surface area contributed by atoms with Crippen LogP contribution in [0.4, 0.5) is 5.69 Å². The van der Waals surface area contributed by atoms with E-state index in [4.69, 9.17) is 27.9 Å². The topological polar surface area (TPSA) is 82.3 Å². The highest BCUT2D eigenvalue weighted by atomic mass is 79.9. The number of hydrogen-bond donors (Lipinski definition) is 2. The normalized spacial score (nSPS) is 11.0. The number of anilines is 1. The van der Waals surface area contributed by atoms with Crippen molar-refractivity contribution in [1.29, 1.82) is 5.26 Å². The minimum atomic E-state index is -0.640. The van der Waals surface area contributed by atoms with Crippen LogP contribution in [-0.2, 0) is 4.79 Å². The number of amides is 1. The van der Waals surface area contributed by atoms with E-state index in [0.29, 0.717) is 32.4 Å². The largest absolute Gasteiger partial charge is 0.503 e. The van der Waals surface area contributed by atoms with Crippen LogP contribution in [0.2, 0.25) is 10.0 Å². The van der Waals surface area contributed by atoms with Crippen molar-refractivity contribution >= 4 is 56.8 Å². The predicted molar refractivity (Wildman–Crippen MR) is 106 cm³/mol. The fourth-order valence-electron chi connectivity index (χ4n) is 2.04. The Morgan fingerprint density at radius 1 is 1.38 bits per heavy atom. The first-order valence-corrected chi connectivity index (χ1v) is 8.94. The summed E-state index contributed by atoms with van der Waals surface area (Å²) in [6.07, 6.45) is 1.38. The Hall–Kier alpha value is -2.20. The number of aromatic hydroxyl groups is 1. The molecule has 0 radical (unpaired) electrons. The number of nitrogens with one attached hydrogen (secondary N) is 1. The monoisotopic (exact) mass is 454 g/mol. The van der Waals surface area contributed by atoms with Crippen LogP contribution in [-0.4, -0.2) is 17.6 Å². The summed E-state index contributed by atoms with van der Waals surface area (Å²) in [5.41, 5.74) is 0.648. The molecule has 1 amide bonds. The number of rotatable bonds is 5. The van der Waals surface area contributed by atoms with Gasteiger partial charge in [-0.15, -0.1) is 0 Å². The van der Waals surface area contributed by atoms with Crippen LogP contribution in [0, 0.1) is 11.3 Å². The molecule has 2 rings (SSSR count). The molecule has 0 atom stereocenters. The summed E-state index contributed by atoms with van der Waals surface area (Å²) in [6.45, 7) is 2.13. The molecule has 0 bridgehead atoms. The standard InChI is InChI=1S/C18H13BrCl2N2O3/c1-2-26-16-7-10(6-13(19)17(16)24)5-11(9-22)18(25)23-15-8-12(20)3-4-14(15)21/h3-8,24H,2H2,1H3,(H,23,25)/b11-5-. The van der Waals surface area contributed by atoms with Gasteiger partial charge in [-0.2, -0.15) is 5.26 Å². The second kappa shape index (κ2) is 8.95. The zero-order valence-electron chi connectivity index (χ0n) is 13.5. The first-order valence-electron chi connectivity index (χ1n) is 7.39. The minimum absolute atomic E-state index is 0.0577. The van der Waals surface area contributed by atoms with Gasteiger partial charge in [0.1, 0.15) is 11.6 Å². The zero-order valence-corrected chi connectivity index (χ0v) is 16.6. The first-order chi connectivity index (χ1) is 12.3. The second-order valence-corrected chi connectivity index (χ2v) is 6.73. The lowest BCUT2D eigenvalue weighted by molar-refractivity contribution is -0.112. The van der Waals surface area contributed by atoms with Crippen LogP contribution in [0.5, 0.6) is 11.5 Å². The summed E-state index contributed by atoms with van der Waals surface area (Å²) >= 11 is 15.1. The van der Waals surface area contributed by atoms with Crippen LogP contribution in [0.25, 0.3) is 6.08 Å². The van der Waals surface area contributed by atoms with E-state index in [1.54, 1.807) is 25.1 Å². The maximum atomic E-state index is 12.4. The smallest absolute Gasteiger partial charge is 0.266 e. The van der Waals surface area contributed by atoms with Crippen molar-refractivity contribution in [2.45, 2.75) is 6.92 Å². The number of halogens is 3. The maximum Gasteiger partial charge on any atom is 0.266 e. The fourth-order valence-corrected chi connectivity index (χ4v) is 2.84. The van der Waals surface area contributed by atoms with Gasteiger partial charge in [-0.25, -0.2) is 0 Å². The summed E-state index contributed by atoms with van der Waals surface area (Å²) in [5.74, 6) is -0.458. The average molecular weight is 456 g/mol. The number of hydrogen-bond acceptors (Lipinski definition) is 4. The molecule has 2 aromatic rings. The van der Waals surface area contributed by atoms with Gasteiger partial charge in [0.25, 0.3) is 5.91 Å². The molecule has 26 heavy (non-hydrogen) atoms. The molecule has 0 aliphatic heterocycles. The number of phenolic OH excluding ortho intramolecular Hbond substituents is 1. The molecule has 0 saturated heterocycles. The molecule has 5 nitrogen and oxygen atoms in total. The highest BCUT2D eigenvalue weighted by Gasteiger charge is 2.14. The molecule has 8 heteroatoms. The Labute approximate surface area is 168 Å². The van der Waals surface area contributed by atoms with Crippen molar-refractivity contribution in [3.8, 4) is 17.6 Å². The first kappa shape index (κ1) is 20.1. The van der Waals surface area contributed by atoms with Crippen LogP contribution in [0.3, 0.4) is 0 Å². The van der Waals surface area contributed by atoms with Crippen molar-refractivity contribution in [3.63, 3.8) is 0 Å². The summed E-state index contributed by atoms with van der Waals surface area (Å²) in [7, 11) is 0. The molecule has 0 aromatic heterocycles. The van der Waals surface area contributed by atoms with Crippen LogP contribution >= 0.6 is 39.1 Å². The third kappa shape index (κ3) is 4.92. The minimum Gasteiger partial charge on any atom is -0.503 e. The molecular formula is C18H13BrCl2N2O3. The molecule has 0 heterocycles. The average Bonchev–Trinajstić information content (AvgIpc) is 2.60. The number of ether oxygens (including phenoxy) is 1. The molecule has 0 spiro atoms. The highest BCUT2D eigenvalue weighted by Crippen LogP contribution is 2.36. The van der Waals surface area contributed by atoms with Gasteiger partial charge in [0, 0.05) is 5.02 Å². The number of benzene rings is 2. The lowest BCUT2D eigenvalue weighted by Gasteiger charge is -2.09. The van der Waals surface area contributed by atoms with E-state index in [2.05, 4.69) is 21.2 Å². The third-order valence-electron chi connectivity index (χ3n) is 3.20. The molecule has 0 aliphatic rings. The van der Waals surface area contributed by atoms with Crippen LogP contribution in [0.1, 0.15) is 12.5 Å². The van der Waals surface area contributed by atoms with Crippen LogP contribution in [0.15, 0.2) is 40.4 Å². The number of carbonyl (C=O) groups is 1. The molecular weight excluding hydrogens is 443 g/mol. The fraction of sp³-hybridized carbons (Fsp3) is 0.111. The van der Waals surface area contributed by atoms with Gasteiger partial charge in [-0.3, -0.25) is 4.79 Å². The molecule has 0 aliphatic carbocycles. The summed E-state index contributed by atoms with van der Waals surface area (Å²) in [4.78, 5) is 12.4. The van der Waals surface area contributed by atoms with E-state index < -0.39 is 5.91 Å². The Balaban J connectivity index is 2.34. The number of carbonyl (C=O) groups excluding carboxylic acids is 1. The number of nitriles is 1. The summed E-state index contributed by atoms with van der Waals surface area (Å²) < 4.78 is 5.71. The SMILES string of the molecule is CCOc1cc(/C=C(/C#N)C(=O)Nc2cc(Cl)ccc2Cl)cc(Br)c1O. The van der Waals surface area contributed by atoms with Gasteiger partial charge in [-0.1, -0.05) is 23.2 Å². The number of phenols is 1. The Bertz CT molecular complexity index is 923. The van der Waals surface area contributed by atoms with Gasteiger partial charge in [0.05, 0.1) is 21.8 Å². The highest BCUT2D eigenvalue weighted by molar-refractivity contribution is 9.10. The van der Waals surface area contributed by atoms with E-state index in [1.807, 2.05) is 6.07 Å². The van der Waals surface area contributed by atoms with Crippen molar-refractivity contribution in [1.82, 2.24) is 0 Å². The zero-order chi connectivity index (χ0) is 19.3. The van der Waals surface area contributed by atoms with Gasteiger partial charge >= 0.3 is 0 Å². The van der Waals surface area contributed by atoms with E-state index in [9.17, 15) is 15.2 Å². The van der Waals surface area contributed by atoms with Crippen molar-refractivity contribution in [2.24, 2.45) is 0 Å². The third-order valence-corrected chi connectivity index (χ3v) is 4.37. The molecule has 0 unspecified atom stereocenters. The molecule has 0 fully saturated rings. The lowest BCUT2D eigenvalue weighted by atomic mass is 10.1. The van der Waals surface area contributed by atoms with Gasteiger partial charge in [-0.05, 0) is 64.8 Å². The summed E-state index contributed by atoms with van der Waals surface area (Å²) in [6, 6.07) is 9.55. The predicted octanol–water partition coefficient (Wildman–Crippen LogP) is 5.41. The molecule has 2 N–H and O–H groups in total. The van der Waals surface area contributed by atoms with Gasteiger partial charge in [0.15, 0.2) is 11.5 Å². The van der Waals surface area contributed by atoms with Gasteiger partial charge in [0.2, 0.25) is 0 Å². The number of nitrogens with zero attached hydrogens (tertiary/aromatic N) is 1. The van der Waals surface area contributed by atoms with E-state index in [1.165, 1.54) is 18.2 Å². The summed E-state index contributed by atoms with van der Waals surface area (Å²) in [5, 5.41) is 22.5. The van der Waals surface area contributed by atoms with Gasteiger partial charge < -0.3 is 15.2 Å². The Kier molecular flexibility index (Phi) is 6.92. The Morgan fingerprint density at radius 2 is 2.12 bits per heavy atom. The molecule has 134 valence electrons. The quantitative estimate of drug-likeness (QED) is 0.466. The second-order valence-electron chi connectivity index (χ2n) is 5.03. The molecule has 0 saturated carbocycles.